The Morgan fingerprint density at radius 3 is 1.38 bits per heavy atom. The van der Waals surface area contributed by atoms with Crippen LogP contribution in [0, 0.1) is 0 Å². The number of nitrogens with zero attached hydrogens (tertiary/aromatic N) is 1. The molecule has 0 amide bonds. The summed E-state index contributed by atoms with van der Waals surface area (Å²) in [5.41, 5.74) is 30.9. The van der Waals surface area contributed by atoms with Crippen molar-refractivity contribution in [3.8, 4) is 44.5 Å². The molecule has 96 heavy (non-hydrogen) atoms. The number of hydrogen-bond acceptors (Lipinski definition) is 4. The van der Waals surface area contributed by atoms with Crippen LogP contribution >= 0.6 is 0 Å². The van der Waals surface area contributed by atoms with Crippen LogP contribution in [0.1, 0.15) is 94.5 Å². The second-order valence-corrected chi connectivity index (χ2v) is 28.0. The van der Waals surface area contributed by atoms with Gasteiger partial charge in [-0.3, -0.25) is 0 Å². The zero-order chi connectivity index (χ0) is 63.6. The van der Waals surface area contributed by atoms with E-state index >= 15 is 0 Å². The van der Waals surface area contributed by atoms with Gasteiger partial charge in [0.05, 0.1) is 16.5 Å². The van der Waals surface area contributed by atoms with Crippen molar-refractivity contribution in [2.75, 3.05) is 4.90 Å². The van der Waals surface area contributed by atoms with Gasteiger partial charge in [0, 0.05) is 60.1 Å². The van der Waals surface area contributed by atoms with E-state index in [0.717, 1.165) is 77.5 Å². The van der Waals surface area contributed by atoms with E-state index in [1.165, 1.54) is 117 Å². The molecule has 3 aromatic heterocycles. The summed E-state index contributed by atoms with van der Waals surface area (Å²) in [5, 5.41) is 6.75. The maximum absolute atomic E-state index is 7.21. The van der Waals surface area contributed by atoms with E-state index in [1.807, 2.05) is 0 Å². The van der Waals surface area contributed by atoms with E-state index in [-0.39, 0.29) is 5.41 Å². The van der Waals surface area contributed by atoms with Crippen molar-refractivity contribution in [2.45, 2.75) is 49.4 Å². The molecule has 0 bridgehead atoms. The Hall–Kier alpha value is -11.7. The lowest BCUT2D eigenvalue weighted by Crippen LogP contribution is -2.30. The third-order valence-electron chi connectivity index (χ3n) is 22.7. The third-order valence-corrected chi connectivity index (χ3v) is 22.7. The lowest BCUT2D eigenvalue weighted by molar-refractivity contribution is 0.600. The molecule has 0 spiro atoms. The van der Waals surface area contributed by atoms with Crippen LogP contribution in [-0.2, 0) is 21.7 Å². The molecule has 0 N–H and O–H groups in total. The van der Waals surface area contributed by atoms with E-state index in [1.54, 1.807) is 0 Å². The first-order chi connectivity index (χ1) is 47.1. The van der Waals surface area contributed by atoms with Crippen LogP contribution in [0.3, 0.4) is 0 Å². The first-order valence-electron chi connectivity index (χ1n) is 33.6. The number of furan rings is 3. The summed E-state index contributed by atoms with van der Waals surface area (Å²) >= 11 is 0. The van der Waals surface area contributed by atoms with Crippen molar-refractivity contribution in [3.05, 3.63) is 364 Å². The number of para-hydroxylation sites is 4. The van der Waals surface area contributed by atoms with Crippen LogP contribution in [0.5, 0.6) is 0 Å². The van der Waals surface area contributed by atoms with Gasteiger partial charge in [0.25, 0.3) is 0 Å². The van der Waals surface area contributed by atoms with E-state index in [9.17, 15) is 0 Å². The molecule has 0 fully saturated rings. The standard InChI is InChI=1S/C92H61NO3/c1-89(2)69-39-21-17-35-63(69)82-83-66-37-20-24-43-78(66)96-88(83)84-64-47-45-58(50-71(64)90(3,4)86(84)85(82)89)93(75-40-25-38-62-61-34-18-22-41-76(61)95-87(62)75)59-44-46-60-67-52-74-68(53-73(67)92(72(60)51-59,56-30-13-7-14-31-56)57-32-15-8-16-33-57)80-70(48-49-79-81(80)65-36-19-23-42-77(65)94-79)91(74,54-26-9-5-10-27-54)55-28-11-6-12-29-55/h5-53H,1-4H3. The van der Waals surface area contributed by atoms with Gasteiger partial charge in [-0.1, -0.05) is 258 Å². The Kier molecular flexibility index (Phi) is 10.6. The summed E-state index contributed by atoms with van der Waals surface area (Å²) in [6, 6.07) is 111. The molecule has 17 aromatic rings. The van der Waals surface area contributed by atoms with Gasteiger partial charge >= 0.3 is 0 Å². The molecule has 0 aliphatic heterocycles. The minimum Gasteiger partial charge on any atom is -0.456 e. The van der Waals surface area contributed by atoms with Gasteiger partial charge in [-0.25, -0.2) is 0 Å². The van der Waals surface area contributed by atoms with Crippen molar-refractivity contribution in [3.63, 3.8) is 0 Å². The first-order valence-corrected chi connectivity index (χ1v) is 33.6. The predicted octanol–water partition coefficient (Wildman–Crippen LogP) is 24.2. The zero-order valence-electron chi connectivity index (χ0n) is 53.5. The molecule has 0 saturated heterocycles. The molecule has 452 valence electrons. The van der Waals surface area contributed by atoms with Crippen molar-refractivity contribution in [1.29, 1.82) is 0 Å². The van der Waals surface area contributed by atoms with Crippen molar-refractivity contribution < 1.29 is 13.3 Å². The molecular weight excluding hydrogens is 1170 g/mol. The van der Waals surface area contributed by atoms with Crippen molar-refractivity contribution in [1.82, 2.24) is 0 Å². The zero-order valence-corrected chi connectivity index (χ0v) is 53.5. The largest absolute Gasteiger partial charge is 0.456 e. The van der Waals surface area contributed by atoms with E-state index in [0.29, 0.717) is 0 Å². The Bertz CT molecular complexity index is 6120. The fourth-order valence-electron chi connectivity index (χ4n) is 18.9. The van der Waals surface area contributed by atoms with Crippen LogP contribution in [0.25, 0.3) is 110 Å². The van der Waals surface area contributed by atoms with Gasteiger partial charge in [0.15, 0.2) is 5.58 Å². The fourth-order valence-corrected chi connectivity index (χ4v) is 18.9. The maximum Gasteiger partial charge on any atom is 0.159 e. The molecule has 3 heterocycles. The van der Waals surface area contributed by atoms with Gasteiger partial charge in [0.1, 0.15) is 27.9 Å². The van der Waals surface area contributed by atoms with Crippen molar-refractivity contribution in [2.24, 2.45) is 0 Å². The minimum absolute atomic E-state index is 0.284. The SMILES string of the molecule is CC1(C)c2cc(N(c3ccc4c(c3)C(c3ccccc3)(c3ccccc3)c3cc5c(cc3-4)C(c3ccccc3)(c3ccccc3)c3ccc4oc6ccccc6c4c3-5)c3cccc4c3oc3ccccc34)ccc2-c2c1c1c(c3c2oc2ccccc23)-c2ccccc2C1(C)C. The Morgan fingerprint density at radius 1 is 0.260 bits per heavy atom. The monoisotopic (exact) mass is 1230 g/mol. The summed E-state index contributed by atoms with van der Waals surface area (Å²) < 4.78 is 21.2. The van der Waals surface area contributed by atoms with Crippen LogP contribution in [0.4, 0.5) is 17.1 Å². The highest BCUT2D eigenvalue weighted by Gasteiger charge is 2.53. The van der Waals surface area contributed by atoms with Crippen LogP contribution in [0.2, 0.25) is 0 Å². The topological polar surface area (TPSA) is 42.7 Å². The Balaban J connectivity index is 0.855. The van der Waals surface area contributed by atoms with Gasteiger partial charge in [-0.2, -0.15) is 0 Å². The van der Waals surface area contributed by atoms with Crippen LogP contribution in [-0.4, -0.2) is 0 Å². The summed E-state index contributed by atoms with van der Waals surface area (Å²) in [7, 11) is 0. The van der Waals surface area contributed by atoms with E-state index in [4.69, 9.17) is 13.3 Å². The summed E-state index contributed by atoms with van der Waals surface area (Å²) in [6.45, 7) is 9.75. The van der Waals surface area contributed by atoms with Gasteiger partial charge in [-0.05, 0) is 172 Å². The average Bonchev–Trinajstić information content (AvgIpc) is 1.51. The minimum atomic E-state index is -0.809. The lowest BCUT2D eigenvalue weighted by Gasteiger charge is -2.36. The number of anilines is 3. The second-order valence-electron chi connectivity index (χ2n) is 28.0. The first kappa shape index (κ1) is 53.8. The number of benzene rings is 14. The molecule has 0 radical (unpaired) electrons. The number of fused-ring (bicyclic) bond motifs is 25. The second kappa shape index (κ2) is 19.0. The molecule has 21 rings (SSSR count). The van der Waals surface area contributed by atoms with Gasteiger partial charge in [-0.15, -0.1) is 0 Å². The highest BCUT2D eigenvalue weighted by Crippen LogP contribution is 2.67. The van der Waals surface area contributed by atoms with Crippen LogP contribution in [0.15, 0.2) is 311 Å². The molecule has 0 unspecified atom stereocenters. The molecule has 4 nitrogen and oxygen atoms in total. The molecule has 4 aliphatic carbocycles. The summed E-state index contributed by atoms with van der Waals surface area (Å²) in [4.78, 5) is 2.49. The molecule has 14 aromatic carbocycles. The van der Waals surface area contributed by atoms with E-state index < -0.39 is 16.2 Å². The number of hydrogen-bond donors (Lipinski definition) is 0. The fraction of sp³-hybridized carbons (Fsp3) is 0.0870. The van der Waals surface area contributed by atoms with Gasteiger partial charge < -0.3 is 18.2 Å². The lowest BCUT2D eigenvalue weighted by atomic mass is 9.66. The Labute approximate surface area is 555 Å². The smallest absolute Gasteiger partial charge is 0.159 e. The highest BCUT2D eigenvalue weighted by molar-refractivity contribution is 6.21. The predicted molar refractivity (Wildman–Crippen MR) is 393 cm³/mol. The van der Waals surface area contributed by atoms with Crippen molar-refractivity contribution >= 4 is 82.9 Å². The summed E-state index contributed by atoms with van der Waals surface area (Å²) in [5.74, 6) is 0. The van der Waals surface area contributed by atoms with Gasteiger partial charge in [0.2, 0.25) is 0 Å². The normalized spacial score (nSPS) is 15.2. The van der Waals surface area contributed by atoms with E-state index in [2.05, 4.69) is 330 Å². The summed E-state index contributed by atoms with van der Waals surface area (Å²) in [6.07, 6.45) is 0. The maximum atomic E-state index is 7.21. The average molecular weight is 1230 g/mol. The highest BCUT2D eigenvalue weighted by atomic mass is 16.3. The molecular formula is C92H61NO3. The Morgan fingerprint density at radius 2 is 0.719 bits per heavy atom. The van der Waals surface area contributed by atoms with Crippen LogP contribution < -0.4 is 4.90 Å². The molecule has 0 saturated carbocycles. The molecule has 4 heteroatoms. The third kappa shape index (κ3) is 6.68. The number of rotatable bonds is 7. The quantitative estimate of drug-likeness (QED) is 0.159. The molecule has 4 aliphatic rings. The molecule has 0 atom stereocenters.